The van der Waals surface area contributed by atoms with E-state index in [-0.39, 0.29) is 12.3 Å². The zero-order chi connectivity index (χ0) is 54.6. The van der Waals surface area contributed by atoms with Crippen LogP contribution in [0.25, 0.3) is 10.9 Å². The van der Waals surface area contributed by atoms with Crippen molar-refractivity contribution in [3.05, 3.63) is 95.2 Å². The van der Waals surface area contributed by atoms with Crippen molar-refractivity contribution in [2.75, 3.05) is 58.4 Å². The molecule has 6 heterocycles. The molecule has 5 aliphatic heterocycles. The largest absolute Gasteiger partial charge is 0.496 e. The first-order chi connectivity index (χ1) is 37.3. The normalized spacial score (nSPS) is 31.3. The molecule has 1 aliphatic carbocycles. The van der Waals surface area contributed by atoms with E-state index in [2.05, 4.69) is 63.5 Å². The van der Waals surface area contributed by atoms with Crippen LogP contribution in [0.3, 0.4) is 0 Å². The number of methoxy groups -OCH3 is 2. The second-order valence-corrected chi connectivity index (χ2v) is 23.5. The Hall–Kier alpha value is -5.28. The molecular weight excluding hydrogens is 971 g/mol. The number of carbonyl (C=O) groups excluding carboxylic acids is 4. The maximum absolute atomic E-state index is 15.6. The Balaban J connectivity index is 1.09. The molecule has 2 saturated heterocycles. The molecule has 3 fully saturated rings. The summed E-state index contributed by atoms with van der Waals surface area (Å²) in [6.07, 6.45) is 28.2. The number of anilines is 1. The number of carbonyl (C=O) groups is 4. The number of nitrogens with zero attached hydrogens (tertiary/aromatic N) is 3. The SMILES string of the molecule is CCCCC/C=C\C/C=C\CCCCCCCCNC(=O)[C@@]1(O)[C@H](OC(C)=O)[C@]2(CC)C=CCN3CC[C@@]4(c5cc([C@@]6(C(=O)OC)C[C@@H]7CN(CCc8c6[nH]c6ccccc86)C[C@](O)(CC)C7)c(OC)cc5N(C=O)[C@@H]14)[C@@H]32. The molecule has 2 amide bonds. The molecule has 0 radical (unpaired) electrons. The van der Waals surface area contributed by atoms with E-state index < -0.39 is 63.5 Å². The number of allylic oxidation sites excluding steroid dienone is 4. The maximum Gasteiger partial charge on any atom is 0.322 e. The van der Waals surface area contributed by atoms with Crippen molar-refractivity contribution < 1.29 is 43.6 Å². The highest BCUT2D eigenvalue weighted by Gasteiger charge is 2.80. The first kappa shape index (κ1) is 56.4. The van der Waals surface area contributed by atoms with Gasteiger partial charge in [0.2, 0.25) is 12.0 Å². The summed E-state index contributed by atoms with van der Waals surface area (Å²) in [5.74, 6) is -1.65. The Labute approximate surface area is 457 Å². The van der Waals surface area contributed by atoms with Crippen LogP contribution >= 0.6 is 0 Å². The smallest absolute Gasteiger partial charge is 0.322 e. The number of aromatic nitrogens is 1. The zero-order valence-electron chi connectivity index (χ0n) is 46.9. The number of esters is 2. The summed E-state index contributed by atoms with van der Waals surface area (Å²) in [6, 6.07) is 10.2. The average Bonchev–Trinajstić information content (AvgIpc) is 3.83. The van der Waals surface area contributed by atoms with Gasteiger partial charge < -0.3 is 39.6 Å². The fourth-order valence-corrected chi connectivity index (χ4v) is 15.7. The number of H-pyrrole nitrogens is 1. The van der Waals surface area contributed by atoms with Crippen molar-refractivity contribution in [3.63, 3.8) is 0 Å². The number of aromatic amines is 1. The van der Waals surface area contributed by atoms with Crippen molar-refractivity contribution in [2.45, 2.75) is 183 Å². The second kappa shape index (κ2) is 23.6. The summed E-state index contributed by atoms with van der Waals surface area (Å²) >= 11 is 0. The fourth-order valence-electron chi connectivity index (χ4n) is 15.7. The summed E-state index contributed by atoms with van der Waals surface area (Å²) < 4.78 is 18.8. The third kappa shape index (κ3) is 9.89. The van der Waals surface area contributed by atoms with E-state index in [1.165, 1.54) is 38.2 Å². The van der Waals surface area contributed by atoms with E-state index in [1.54, 1.807) is 13.2 Å². The number of unbranched alkanes of at least 4 members (excludes halogenated alkanes) is 9. The number of hydrogen-bond donors (Lipinski definition) is 4. The van der Waals surface area contributed by atoms with Crippen LogP contribution in [-0.2, 0) is 45.9 Å². The van der Waals surface area contributed by atoms with Crippen LogP contribution in [0.2, 0.25) is 0 Å². The van der Waals surface area contributed by atoms with Gasteiger partial charge in [0.25, 0.3) is 5.91 Å². The van der Waals surface area contributed by atoms with E-state index in [0.29, 0.717) is 112 Å². The second-order valence-electron chi connectivity index (χ2n) is 23.5. The molecule has 4 N–H and O–H groups in total. The highest BCUT2D eigenvalue weighted by molar-refractivity contribution is 5.97. The number of aliphatic hydroxyl groups is 2. The first-order valence-corrected chi connectivity index (χ1v) is 29.3. The Bertz CT molecular complexity index is 2720. The molecule has 10 atom stereocenters. The number of nitrogens with one attached hydrogen (secondary N) is 2. The molecule has 1 spiro atoms. The zero-order valence-corrected chi connectivity index (χ0v) is 46.9. The lowest BCUT2D eigenvalue weighted by Gasteiger charge is -2.63. The Kier molecular flexibility index (Phi) is 17.3. The van der Waals surface area contributed by atoms with E-state index in [9.17, 15) is 19.8 Å². The number of amides is 2. The third-order valence-electron chi connectivity index (χ3n) is 19.0. The maximum atomic E-state index is 15.6. The van der Waals surface area contributed by atoms with E-state index in [4.69, 9.17) is 14.2 Å². The summed E-state index contributed by atoms with van der Waals surface area (Å²) in [7, 11) is 2.97. The minimum atomic E-state index is -2.44. The van der Waals surface area contributed by atoms with Crippen LogP contribution in [0.5, 0.6) is 5.75 Å². The molecule has 418 valence electrons. The highest BCUT2D eigenvalue weighted by atomic mass is 16.6. The molecule has 14 heteroatoms. The summed E-state index contributed by atoms with van der Waals surface area (Å²) in [6.45, 7) is 10.9. The minimum absolute atomic E-state index is 0.156. The monoisotopic (exact) mass is 1060 g/mol. The number of piperidine rings is 1. The first-order valence-electron chi connectivity index (χ1n) is 29.3. The van der Waals surface area contributed by atoms with Gasteiger partial charge in [-0.1, -0.05) is 114 Å². The van der Waals surface area contributed by atoms with Crippen LogP contribution in [-0.4, -0.2) is 132 Å². The van der Waals surface area contributed by atoms with Crippen LogP contribution in [0, 0.1) is 11.3 Å². The lowest BCUT2D eigenvalue weighted by atomic mass is 9.47. The van der Waals surface area contributed by atoms with Gasteiger partial charge in [-0.2, -0.15) is 0 Å². The quantitative estimate of drug-likeness (QED) is 0.0309. The van der Waals surface area contributed by atoms with Gasteiger partial charge in [-0.05, 0) is 113 Å². The molecule has 77 heavy (non-hydrogen) atoms. The average molecular weight is 1060 g/mol. The van der Waals surface area contributed by atoms with E-state index >= 15 is 9.59 Å². The van der Waals surface area contributed by atoms with Gasteiger partial charge in [-0.3, -0.25) is 29.0 Å². The third-order valence-corrected chi connectivity index (χ3v) is 19.0. The van der Waals surface area contributed by atoms with Crippen molar-refractivity contribution in [1.29, 1.82) is 0 Å². The van der Waals surface area contributed by atoms with Crippen molar-refractivity contribution in [2.24, 2.45) is 11.3 Å². The number of fused-ring (bicyclic) bond motifs is 6. The fraction of sp³-hybridized carbons (Fsp3) is 0.619. The molecule has 1 aromatic heterocycles. The molecule has 2 bridgehead atoms. The molecule has 2 aromatic carbocycles. The van der Waals surface area contributed by atoms with Crippen LogP contribution in [0.1, 0.15) is 159 Å². The van der Waals surface area contributed by atoms with Crippen LogP contribution in [0.15, 0.2) is 72.9 Å². The molecular formula is C63H87N5O9. The summed E-state index contributed by atoms with van der Waals surface area (Å²) in [4.78, 5) is 68.6. The lowest BCUT2D eigenvalue weighted by Crippen LogP contribution is -2.82. The van der Waals surface area contributed by atoms with E-state index in [1.807, 2.05) is 44.2 Å². The van der Waals surface area contributed by atoms with Gasteiger partial charge in [-0.25, -0.2) is 0 Å². The number of para-hydroxylation sites is 1. The molecule has 1 unspecified atom stereocenters. The molecule has 1 saturated carbocycles. The summed E-state index contributed by atoms with van der Waals surface area (Å²) in [5, 5.41) is 30.2. The Morgan fingerprint density at radius 3 is 2.31 bits per heavy atom. The highest BCUT2D eigenvalue weighted by Crippen LogP contribution is 2.68. The van der Waals surface area contributed by atoms with Gasteiger partial charge in [-0.15, -0.1) is 0 Å². The van der Waals surface area contributed by atoms with Crippen LogP contribution in [0.4, 0.5) is 5.69 Å². The van der Waals surface area contributed by atoms with Gasteiger partial charge in [0.05, 0.1) is 31.5 Å². The number of hydrogen-bond acceptors (Lipinski definition) is 11. The van der Waals surface area contributed by atoms with Gasteiger partial charge >= 0.3 is 11.9 Å². The Morgan fingerprint density at radius 2 is 1.61 bits per heavy atom. The molecule has 6 aliphatic rings. The van der Waals surface area contributed by atoms with Crippen molar-refractivity contribution in [1.82, 2.24) is 20.1 Å². The van der Waals surface area contributed by atoms with Gasteiger partial charge in [0.15, 0.2) is 6.10 Å². The standard InChI is InChI=1S/C63H87N5O9/c1-7-10-11-12-13-14-15-16-17-18-19-20-21-22-23-26-33-64-57(71)63(74)55-61(32-36-67-34-27-31-60(9-3,54(61)67)56(63)77-44(4)70)48-37-49(52(75-5)38-51(48)68(55)43-69)62(58(72)76-6)40-45-39-59(73,8-2)42-66(41-45)35-30-47-46-28-24-25-29-50(46)65-53(47)62/h13-14,16-17,24-25,27-29,31,37-38,43,45,54-56,65,73-74H,7-12,15,18-23,26,30,32-36,39-42H2,1-6H3,(H,64,71)/b14-13-,17-16-/t45-,54+,55-,56-,59+,60-,61-,62+,63+/m1/s1. The number of ether oxygens (including phenoxy) is 3. The number of benzene rings is 2. The van der Waals surface area contributed by atoms with Crippen molar-refractivity contribution >= 4 is 40.8 Å². The van der Waals surface area contributed by atoms with Gasteiger partial charge in [0.1, 0.15) is 11.2 Å². The number of rotatable bonds is 23. The topological polar surface area (TPSA) is 174 Å². The minimum Gasteiger partial charge on any atom is -0.496 e. The molecule has 3 aromatic rings. The van der Waals surface area contributed by atoms with Gasteiger partial charge in [0, 0.05) is 84.7 Å². The van der Waals surface area contributed by atoms with Crippen molar-refractivity contribution in [3.8, 4) is 5.75 Å². The molecule has 14 nitrogen and oxygen atoms in total. The Morgan fingerprint density at radius 1 is 0.870 bits per heavy atom. The molecule has 9 rings (SSSR count). The lowest BCUT2D eigenvalue weighted by molar-refractivity contribution is -0.217. The van der Waals surface area contributed by atoms with E-state index in [0.717, 1.165) is 67.8 Å². The van der Waals surface area contributed by atoms with Crippen LogP contribution < -0.4 is 15.0 Å². The predicted octanol–water partition coefficient (Wildman–Crippen LogP) is 9.27. The summed E-state index contributed by atoms with van der Waals surface area (Å²) in [5.41, 5.74) is -2.88. The predicted molar refractivity (Wildman–Crippen MR) is 301 cm³/mol.